The Hall–Kier alpha value is -0.860. The third-order valence-corrected chi connectivity index (χ3v) is 2.81. The fourth-order valence-corrected chi connectivity index (χ4v) is 1.85. The Labute approximate surface area is 105 Å². The molecule has 0 bridgehead atoms. The van der Waals surface area contributed by atoms with Gasteiger partial charge in [0.2, 0.25) is 0 Å². The van der Waals surface area contributed by atoms with Gasteiger partial charge >= 0.3 is 0 Å². The minimum atomic E-state index is -0.0132. The van der Waals surface area contributed by atoms with Crippen LogP contribution >= 0.6 is 0 Å². The zero-order chi connectivity index (χ0) is 12.8. The lowest BCUT2D eigenvalue weighted by atomic mass is 10.0. The molecule has 0 radical (unpaired) electrons. The van der Waals surface area contributed by atoms with Gasteiger partial charge in [-0.2, -0.15) is 0 Å². The van der Waals surface area contributed by atoms with Crippen LogP contribution in [0.1, 0.15) is 43.0 Å². The van der Waals surface area contributed by atoms with E-state index in [0.717, 1.165) is 13.0 Å². The molecule has 1 atom stereocenters. The molecular formula is C15H25NO. The third kappa shape index (κ3) is 5.33. The molecule has 2 nitrogen and oxygen atoms in total. The largest absolute Gasteiger partial charge is 0.379 e. The summed E-state index contributed by atoms with van der Waals surface area (Å²) in [7, 11) is 0. The normalized spacial score (nSPS) is 13.1. The second-order valence-corrected chi connectivity index (χ2v) is 5.28. The van der Waals surface area contributed by atoms with Gasteiger partial charge in [-0.1, -0.05) is 43.2 Å². The Bertz CT molecular complexity index is 327. The van der Waals surface area contributed by atoms with Crippen molar-refractivity contribution in [1.82, 2.24) is 0 Å². The maximum atomic E-state index is 6.12. The van der Waals surface area contributed by atoms with Gasteiger partial charge in [0.15, 0.2) is 0 Å². The number of aryl methyl sites for hydroxylation is 2. The van der Waals surface area contributed by atoms with Crippen LogP contribution in [0.25, 0.3) is 0 Å². The van der Waals surface area contributed by atoms with Gasteiger partial charge in [0.05, 0.1) is 12.6 Å². The van der Waals surface area contributed by atoms with Crippen molar-refractivity contribution in [2.75, 3.05) is 13.2 Å². The number of hydrogen-bond acceptors (Lipinski definition) is 2. The summed E-state index contributed by atoms with van der Waals surface area (Å²) in [6.07, 6.45) is 1.10. The van der Waals surface area contributed by atoms with E-state index in [9.17, 15) is 0 Å². The van der Waals surface area contributed by atoms with Gasteiger partial charge in [-0.3, -0.25) is 0 Å². The Morgan fingerprint density at radius 1 is 1.12 bits per heavy atom. The van der Waals surface area contributed by atoms with Gasteiger partial charge in [0, 0.05) is 6.61 Å². The third-order valence-electron chi connectivity index (χ3n) is 2.81. The molecule has 0 aromatic heterocycles. The van der Waals surface area contributed by atoms with E-state index < -0.39 is 0 Å². The molecule has 0 aliphatic rings. The molecule has 0 saturated heterocycles. The van der Waals surface area contributed by atoms with Crippen molar-refractivity contribution in [2.24, 2.45) is 11.7 Å². The highest BCUT2D eigenvalue weighted by Gasteiger charge is 2.07. The van der Waals surface area contributed by atoms with E-state index in [1.807, 2.05) is 0 Å². The lowest BCUT2D eigenvalue weighted by Crippen LogP contribution is -2.18. The molecule has 0 fully saturated rings. The molecule has 0 spiro atoms. The standard InChI is InChI=1S/C15H25NO/c1-11(2)5-6-17-10-15(16)14-8-12(3)7-13(4)9-14/h7-9,11,15H,5-6,10,16H2,1-4H3. The summed E-state index contributed by atoms with van der Waals surface area (Å²) >= 11 is 0. The molecule has 1 unspecified atom stereocenters. The van der Waals surface area contributed by atoms with Crippen LogP contribution in [0.15, 0.2) is 18.2 Å². The Balaban J connectivity index is 2.43. The van der Waals surface area contributed by atoms with E-state index in [0.29, 0.717) is 12.5 Å². The molecule has 1 aromatic carbocycles. The molecule has 0 amide bonds. The van der Waals surface area contributed by atoms with Gasteiger partial charge in [-0.05, 0) is 31.7 Å². The molecule has 0 aliphatic heterocycles. The van der Waals surface area contributed by atoms with Gasteiger partial charge in [-0.15, -0.1) is 0 Å². The van der Waals surface area contributed by atoms with Crippen molar-refractivity contribution in [3.05, 3.63) is 34.9 Å². The molecule has 1 rings (SSSR count). The zero-order valence-corrected chi connectivity index (χ0v) is 11.5. The van der Waals surface area contributed by atoms with Crippen molar-refractivity contribution in [3.63, 3.8) is 0 Å². The monoisotopic (exact) mass is 235 g/mol. The SMILES string of the molecule is Cc1cc(C)cc(C(N)COCCC(C)C)c1. The minimum absolute atomic E-state index is 0.0132. The van der Waals surface area contributed by atoms with Crippen LogP contribution in [0, 0.1) is 19.8 Å². The molecular weight excluding hydrogens is 210 g/mol. The van der Waals surface area contributed by atoms with E-state index in [4.69, 9.17) is 10.5 Å². The smallest absolute Gasteiger partial charge is 0.0659 e. The summed E-state index contributed by atoms with van der Waals surface area (Å²) < 4.78 is 5.62. The number of benzene rings is 1. The zero-order valence-electron chi connectivity index (χ0n) is 11.5. The second-order valence-electron chi connectivity index (χ2n) is 5.28. The fourth-order valence-electron chi connectivity index (χ4n) is 1.85. The first-order chi connectivity index (χ1) is 7.99. The molecule has 0 aliphatic carbocycles. The summed E-state index contributed by atoms with van der Waals surface area (Å²) in [4.78, 5) is 0. The molecule has 2 N–H and O–H groups in total. The van der Waals surface area contributed by atoms with Crippen molar-refractivity contribution < 1.29 is 4.74 Å². The van der Waals surface area contributed by atoms with Gasteiger partial charge in [-0.25, -0.2) is 0 Å². The average Bonchev–Trinajstić information content (AvgIpc) is 2.22. The van der Waals surface area contributed by atoms with Gasteiger partial charge in [0.1, 0.15) is 0 Å². The van der Waals surface area contributed by atoms with Crippen LogP contribution in [-0.4, -0.2) is 13.2 Å². The first-order valence-electron chi connectivity index (χ1n) is 6.40. The van der Waals surface area contributed by atoms with E-state index in [1.54, 1.807) is 0 Å². The van der Waals surface area contributed by atoms with E-state index >= 15 is 0 Å². The van der Waals surface area contributed by atoms with Crippen molar-refractivity contribution in [3.8, 4) is 0 Å². The highest BCUT2D eigenvalue weighted by Crippen LogP contribution is 2.15. The Morgan fingerprint density at radius 3 is 2.24 bits per heavy atom. The molecule has 2 heteroatoms. The summed E-state index contributed by atoms with van der Waals surface area (Å²) in [6, 6.07) is 6.43. The van der Waals surface area contributed by atoms with Crippen molar-refractivity contribution >= 4 is 0 Å². The van der Waals surface area contributed by atoms with Crippen LogP contribution in [0.3, 0.4) is 0 Å². The maximum Gasteiger partial charge on any atom is 0.0659 e. The Kier molecular flexibility index (Phi) is 5.66. The molecule has 0 heterocycles. The topological polar surface area (TPSA) is 35.2 Å². The van der Waals surface area contributed by atoms with Gasteiger partial charge in [0.25, 0.3) is 0 Å². The molecule has 96 valence electrons. The second kappa shape index (κ2) is 6.77. The maximum absolute atomic E-state index is 6.12. The van der Waals surface area contributed by atoms with E-state index in [-0.39, 0.29) is 6.04 Å². The summed E-state index contributed by atoms with van der Waals surface area (Å²) in [5.41, 5.74) is 9.82. The molecule has 0 saturated carbocycles. The highest BCUT2D eigenvalue weighted by atomic mass is 16.5. The summed E-state index contributed by atoms with van der Waals surface area (Å²) in [5, 5.41) is 0. The van der Waals surface area contributed by atoms with E-state index in [2.05, 4.69) is 45.9 Å². The lowest BCUT2D eigenvalue weighted by Gasteiger charge is -2.14. The van der Waals surface area contributed by atoms with Crippen LogP contribution in [0.2, 0.25) is 0 Å². The number of ether oxygens (including phenoxy) is 1. The average molecular weight is 235 g/mol. The Morgan fingerprint density at radius 2 is 1.71 bits per heavy atom. The molecule has 17 heavy (non-hydrogen) atoms. The first-order valence-corrected chi connectivity index (χ1v) is 6.40. The number of hydrogen-bond donors (Lipinski definition) is 1. The van der Waals surface area contributed by atoms with Crippen molar-refractivity contribution in [2.45, 2.75) is 40.2 Å². The lowest BCUT2D eigenvalue weighted by molar-refractivity contribution is 0.111. The molecule has 1 aromatic rings. The van der Waals surface area contributed by atoms with Crippen LogP contribution in [-0.2, 0) is 4.74 Å². The number of rotatable bonds is 6. The quantitative estimate of drug-likeness (QED) is 0.767. The minimum Gasteiger partial charge on any atom is -0.379 e. The fraction of sp³-hybridized carbons (Fsp3) is 0.600. The van der Waals surface area contributed by atoms with Crippen LogP contribution < -0.4 is 5.73 Å². The van der Waals surface area contributed by atoms with Crippen LogP contribution in [0.5, 0.6) is 0 Å². The number of nitrogens with two attached hydrogens (primary N) is 1. The first kappa shape index (κ1) is 14.2. The highest BCUT2D eigenvalue weighted by molar-refractivity contribution is 5.30. The summed E-state index contributed by atoms with van der Waals surface area (Å²) in [5.74, 6) is 0.687. The predicted molar refractivity (Wildman–Crippen MR) is 73.1 cm³/mol. The summed E-state index contributed by atoms with van der Waals surface area (Å²) in [6.45, 7) is 10.0. The van der Waals surface area contributed by atoms with Crippen LogP contribution in [0.4, 0.5) is 0 Å². The van der Waals surface area contributed by atoms with E-state index in [1.165, 1.54) is 16.7 Å². The van der Waals surface area contributed by atoms with Crippen molar-refractivity contribution in [1.29, 1.82) is 0 Å². The predicted octanol–water partition coefficient (Wildman–Crippen LogP) is 3.37. The van der Waals surface area contributed by atoms with Gasteiger partial charge < -0.3 is 10.5 Å².